The number of nitrogens with one attached hydrogen (secondary N) is 3. The SMILES string of the molecule is CN=C(NCCc1ccc(NC(=O)OC(C)(C)C)cc1)NCCN1CCN(C(C)=O)CC1. The average molecular weight is 447 g/mol. The molecule has 0 bridgehead atoms. The molecule has 2 amide bonds. The van der Waals surface area contributed by atoms with Crippen molar-refractivity contribution in [3.8, 4) is 0 Å². The second-order valence-electron chi connectivity index (χ2n) is 8.85. The van der Waals surface area contributed by atoms with E-state index in [0.717, 1.165) is 63.8 Å². The number of carbonyl (C=O) groups excluding carboxylic acids is 2. The number of ether oxygens (including phenoxy) is 1. The van der Waals surface area contributed by atoms with Crippen molar-refractivity contribution in [2.45, 2.75) is 39.7 Å². The number of anilines is 1. The van der Waals surface area contributed by atoms with Crippen LogP contribution in [0.3, 0.4) is 0 Å². The molecular formula is C23H38N6O3. The molecule has 9 nitrogen and oxygen atoms in total. The number of guanidine groups is 1. The molecule has 1 aromatic rings. The number of benzene rings is 1. The van der Waals surface area contributed by atoms with Crippen LogP contribution in [0.5, 0.6) is 0 Å². The summed E-state index contributed by atoms with van der Waals surface area (Å²) in [6.07, 6.45) is 0.378. The van der Waals surface area contributed by atoms with Gasteiger partial charge in [0.1, 0.15) is 5.60 Å². The Morgan fingerprint density at radius 1 is 1.03 bits per heavy atom. The number of nitrogens with zero attached hydrogens (tertiary/aromatic N) is 3. The van der Waals surface area contributed by atoms with Crippen LogP contribution in [-0.4, -0.2) is 86.2 Å². The molecule has 1 aliphatic rings. The topological polar surface area (TPSA) is 98.3 Å². The predicted molar refractivity (Wildman–Crippen MR) is 128 cm³/mol. The summed E-state index contributed by atoms with van der Waals surface area (Å²) < 4.78 is 5.26. The first-order valence-corrected chi connectivity index (χ1v) is 11.2. The van der Waals surface area contributed by atoms with Crippen LogP contribution in [0.4, 0.5) is 10.5 Å². The zero-order valence-corrected chi connectivity index (χ0v) is 20.0. The highest BCUT2D eigenvalue weighted by molar-refractivity contribution is 5.84. The van der Waals surface area contributed by atoms with E-state index in [1.807, 2.05) is 49.9 Å². The van der Waals surface area contributed by atoms with Crippen molar-refractivity contribution in [2.24, 2.45) is 4.99 Å². The molecule has 1 heterocycles. The van der Waals surface area contributed by atoms with E-state index in [1.54, 1.807) is 14.0 Å². The zero-order chi connectivity index (χ0) is 23.6. The lowest BCUT2D eigenvalue weighted by atomic mass is 10.1. The normalized spacial score (nSPS) is 15.3. The number of rotatable bonds is 7. The van der Waals surface area contributed by atoms with Crippen molar-refractivity contribution < 1.29 is 14.3 Å². The standard InChI is InChI=1S/C23H38N6O3/c1-18(30)29-16-14-28(15-17-29)13-12-26-21(24-5)25-11-10-19-6-8-20(9-7-19)27-22(31)32-23(2,3)4/h6-9H,10-17H2,1-5H3,(H,27,31)(H2,24,25,26). The summed E-state index contributed by atoms with van der Waals surface area (Å²) in [6, 6.07) is 7.73. The van der Waals surface area contributed by atoms with Crippen molar-refractivity contribution in [3.63, 3.8) is 0 Å². The van der Waals surface area contributed by atoms with Crippen LogP contribution < -0.4 is 16.0 Å². The minimum absolute atomic E-state index is 0.154. The molecule has 9 heteroatoms. The Hall–Kier alpha value is -2.81. The summed E-state index contributed by atoms with van der Waals surface area (Å²) in [5, 5.41) is 9.41. The van der Waals surface area contributed by atoms with E-state index in [1.165, 1.54) is 0 Å². The van der Waals surface area contributed by atoms with Crippen molar-refractivity contribution in [2.75, 3.05) is 58.2 Å². The van der Waals surface area contributed by atoms with Gasteiger partial charge in [-0.25, -0.2) is 4.79 Å². The smallest absolute Gasteiger partial charge is 0.412 e. The van der Waals surface area contributed by atoms with E-state index < -0.39 is 11.7 Å². The Labute approximate surface area is 191 Å². The number of hydrogen-bond donors (Lipinski definition) is 3. The third-order valence-corrected chi connectivity index (χ3v) is 5.07. The van der Waals surface area contributed by atoms with Crippen LogP contribution in [0.15, 0.2) is 29.3 Å². The van der Waals surface area contributed by atoms with Gasteiger partial charge in [-0.2, -0.15) is 0 Å². The Morgan fingerprint density at radius 3 is 2.22 bits per heavy atom. The lowest BCUT2D eigenvalue weighted by Gasteiger charge is -2.34. The number of piperazine rings is 1. The quantitative estimate of drug-likeness (QED) is 0.437. The fourth-order valence-corrected chi connectivity index (χ4v) is 3.34. The summed E-state index contributed by atoms with van der Waals surface area (Å²) >= 11 is 0. The maximum absolute atomic E-state index is 11.8. The summed E-state index contributed by atoms with van der Waals surface area (Å²) in [5.41, 5.74) is 1.34. The largest absolute Gasteiger partial charge is 0.444 e. The molecule has 0 spiro atoms. The van der Waals surface area contributed by atoms with Crippen LogP contribution in [0, 0.1) is 0 Å². The highest BCUT2D eigenvalue weighted by Crippen LogP contribution is 2.13. The monoisotopic (exact) mass is 446 g/mol. The van der Waals surface area contributed by atoms with Crippen LogP contribution in [-0.2, 0) is 16.0 Å². The maximum Gasteiger partial charge on any atom is 0.412 e. The Bertz CT molecular complexity index is 765. The van der Waals surface area contributed by atoms with Crippen LogP contribution in [0.1, 0.15) is 33.3 Å². The van der Waals surface area contributed by atoms with Gasteiger partial charge in [-0.3, -0.25) is 20.0 Å². The zero-order valence-electron chi connectivity index (χ0n) is 20.0. The second kappa shape index (κ2) is 12.3. The van der Waals surface area contributed by atoms with Gasteiger partial charge in [0.25, 0.3) is 0 Å². The first-order chi connectivity index (χ1) is 15.2. The Morgan fingerprint density at radius 2 is 1.66 bits per heavy atom. The van der Waals surface area contributed by atoms with Gasteiger partial charge in [0.15, 0.2) is 5.96 Å². The minimum atomic E-state index is -0.521. The van der Waals surface area contributed by atoms with E-state index in [-0.39, 0.29) is 5.91 Å². The molecule has 1 saturated heterocycles. The van der Waals surface area contributed by atoms with Crippen LogP contribution in [0.25, 0.3) is 0 Å². The van der Waals surface area contributed by atoms with Crippen molar-refractivity contribution in [1.29, 1.82) is 0 Å². The predicted octanol–water partition coefficient (Wildman–Crippen LogP) is 1.91. The molecule has 0 radical (unpaired) electrons. The van der Waals surface area contributed by atoms with Crippen LogP contribution in [0.2, 0.25) is 0 Å². The summed E-state index contributed by atoms with van der Waals surface area (Å²) in [6.45, 7) is 13.0. The van der Waals surface area contributed by atoms with E-state index in [2.05, 4.69) is 25.8 Å². The molecule has 3 N–H and O–H groups in total. The summed E-state index contributed by atoms with van der Waals surface area (Å²) in [5.74, 6) is 0.928. The van der Waals surface area contributed by atoms with Crippen molar-refractivity contribution in [1.82, 2.24) is 20.4 Å². The fourth-order valence-electron chi connectivity index (χ4n) is 3.34. The molecule has 0 aliphatic carbocycles. The van der Waals surface area contributed by atoms with Gasteiger partial charge in [-0.05, 0) is 44.9 Å². The van der Waals surface area contributed by atoms with Crippen molar-refractivity contribution >= 4 is 23.6 Å². The lowest BCUT2D eigenvalue weighted by Crippen LogP contribution is -2.50. The summed E-state index contributed by atoms with van der Waals surface area (Å²) in [4.78, 5) is 31.8. The third kappa shape index (κ3) is 9.55. The number of amides is 2. The second-order valence-corrected chi connectivity index (χ2v) is 8.85. The molecule has 0 saturated carbocycles. The molecular weight excluding hydrogens is 408 g/mol. The molecule has 0 unspecified atom stereocenters. The van der Waals surface area contributed by atoms with Crippen LogP contribution >= 0.6 is 0 Å². The maximum atomic E-state index is 11.8. The highest BCUT2D eigenvalue weighted by Gasteiger charge is 2.18. The van der Waals surface area contributed by atoms with Gasteiger partial charge < -0.3 is 20.3 Å². The molecule has 1 fully saturated rings. The first-order valence-electron chi connectivity index (χ1n) is 11.2. The molecule has 178 valence electrons. The number of carbonyl (C=O) groups is 2. The van der Waals surface area contributed by atoms with Gasteiger partial charge in [0, 0.05) is 65.5 Å². The Kier molecular flexibility index (Phi) is 9.77. The van der Waals surface area contributed by atoms with Gasteiger partial charge in [-0.15, -0.1) is 0 Å². The fraction of sp³-hybridized carbons (Fsp3) is 0.609. The van der Waals surface area contributed by atoms with Gasteiger partial charge in [0.05, 0.1) is 0 Å². The van der Waals surface area contributed by atoms with E-state index >= 15 is 0 Å². The number of hydrogen-bond acceptors (Lipinski definition) is 5. The lowest BCUT2D eigenvalue weighted by molar-refractivity contribution is -0.130. The van der Waals surface area contributed by atoms with E-state index in [0.29, 0.717) is 5.69 Å². The summed E-state index contributed by atoms with van der Waals surface area (Å²) in [7, 11) is 1.76. The van der Waals surface area contributed by atoms with E-state index in [9.17, 15) is 9.59 Å². The molecule has 0 aromatic heterocycles. The van der Waals surface area contributed by atoms with Crippen molar-refractivity contribution in [3.05, 3.63) is 29.8 Å². The molecule has 1 aromatic carbocycles. The van der Waals surface area contributed by atoms with E-state index in [4.69, 9.17) is 4.74 Å². The molecule has 32 heavy (non-hydrogen) atoms. The van der Waals surface area contributed by atoms with Gasteiger partial charge in [-0.1, -0.05) is 12.1 Å². The average Bonchev–Trinajstić information content (AvgIpc) is 2.72. The highest BCUT2D eigenvalue weighted by atomic mass is 16.6. The number of aliphatic imine (C=N–C) groups is 1. The molecule has 0 atom stereocenters. The molecule has 1 aliphatic heterocycles. The Balaban J connectivity index is 1.64. The van der Waals surface area contributed by atoms with Gasteiger partial charge in [0.2, 0.25) is 5.91 Å². The minimum Gasteiger partial charge on any atom is -0.444 e. The third-order valence-electron chi connectivity index (χ3n) is 5.07. The molecule has 2 rings (SSSR count). The van der Waals surface area contributed by atoms with Gasteiger partial charge >= 0.3 is 6.09 Å². The first kappa shape index (κ1) is 25.5.